The van der Waals surface area contributed by atoms with Crippen LogP contribution in [0.3, 0.4) is 0 Å². The van der Waals surface area contributed by atoms with Crippen molar-refractivity contribution in [3.8, 4) is 0 Å². The molecule has 1 unspecified atom stereocenters. The molecule has 0 radical (unpaired) electrons. The first-order valence-corrected chi connectivity index (χ1v) is 6.63. The van der Waals surface area contributed by atoms with Crippen molar-refractivity contribution in [1.82, 2.24) is 4.90 Å². The van der Waals surface area contributed by atoms with Crippen LogP contribution in [0.4, 0.5) is 5.69 Å². The van der Waals surface area contributed by atoms with E-state index in [-0.39, 0.29) is 11.8 Å². The first-order valence-electron chi connectivity index (χ1n) is 6.63. The number of nitrogens with zero attached hydrogens (tertiary/aromatic N) is 1. The summed E-state index contributed by atoms with van der Waals surface area (Å²) < 4.78 is 0. The first kappa shape index (κ1) is 16.0. The average Bonchev–Trinajstić information content (AvgIpc) is 2.39. The predicted molar refractivity (Wildman–Crippen MR) is 81.6 cm³/mol. The minimum Gasteiger partial charge on any atom is -0.327 e. The van der Waals surface area contributed by atoms with Crippen molar-refractivity contribution in [2.45, 2.75) is 33.7 Å². The highest BCUT2D eigenvalue weighted by molar-refractivity contribution is 5.97. The van der Waals surface area contributed by atoms with Gasteiger partial charge in [0.15, 0.2) is 0 Å². The average molecular weight is 274 g/mol. The largest absolute Gasteiger partial charge is 0.327 e. The maximum absolute atomic E-state index is 12.3. The highest BCUT2D eigenvalue weighted by atomic mass is 16.2. The zero-order chi connectivity index (χ0) is 15.3. The van der Waals surface area contributed by atoms with E-state index in [4.69, 9.17) is 0 Å². The molecule has 0 saturated heterocycles. The van der Waals surface area contributed by atoms with E-state index in [0.717, 1.165) is 16.8 Å². The number of nitrogens with one attached hydrogen (secondary N) is 1. The number of aryl methyl sites for hydroxylation is 2. The van der Waals surface area contributed by atoms with Crippen LogP contribution in [-0.2, 0) is 9.59 Å². The fourth-order valence-corrected chi connectivity index (χ4v) is 1.95. The van der Waals surface area contributed by atoms with Crippen LogP contribution in [0, 0.1) is 13.8 Å². The van der Waals surface area contributed by atoms with Crippen molar-refractivity contribution in [3.63, 3.8) is 0 Å². The van der Waals surface area contributed by atoms with Gasteiger partial charge in [0.05, 0.1) is 0 Å². The van der Waals surface area contributed by atoms with Crippen LogP contribution in [0.25, 0.3) is 0 Å². The molecule has 4 nitrogen and oxygen atoms in total. The van der Waals surface area contributed by atoms with Crippen LogP contribution in [0.1, 0.15) is 25.0 Å². The Labute approximate surface area is 120 Å². The lowest BCUT2D eigenvalue weighted by Gasteiger charge is -2.26. The van der Waals surface area contributed by atoms with Crippen LogP contribution in [0.5, 0.6) is 0 Å². The first-order chi connectivity index (χ1) is 9.36. The normalized spacial score (nSPS) is 11.6. The molecular weight excluding hydrogens is 252 g/mol. The number of amides is 2. The standard InChI is InChI=1S/C16H22N2O2/c1-6-9-18(14(5)19)13(4)16(20)17-15-10-11(2)7-8-12(15)3/h6-8,10,13H,1,9H2,2-5H3,(H,17,20). The van der Waals surface area contributed by atoms with Crippen molar-refractivity contribution in [1.29, 1.82) is 0 Å². The van der Waals surface area contributed by atoms with Gasteiger partial charge < -0.3 is 10.2 Å². The van der Waals surface area contributed by atoms with Crippen LogP contribution < -0.4 is 5.32 Å². The Morgan fingerprint density at radius 1 is 1.40 bits per heavy atom. The topological polar surface area (TPSA) is 49.4 Å². The van der Waals surface area contributed by atoms with Crippen LogP contribution in [0.2, 0.25) is 0 Å². The third-order valence-electron chi connectivity index (χ3n) is 3.23. The summed E-state index contributed by atoms with van der Waals surface area (Å²) in [5.41, 5.74) is 2.85. The maximum atomic E-state index is 12.3. The summed E-state index contributed by atoms with van der Waals surface area (Å²) in [5.74, 6) is -0.343. The summed E-state index contributed by atoms with van der Waals surface area (Å²) in [4.78, 5) is 25.3. The molecule has 4 heteroatoms. The summed E-state index contributed by atoms with van der Waals surface area (Å²) in [6, 6.07) is 5.34. The number of carbonyl (C=O) groups is 2. The van der Waals surface area contributed by atoms with Gasteiger partial charge in [-0.25, -0.2) is 0 Å². The molecule has 1 aromatic carbocycles. The minimum atomic E-state index is -0.537. The van der Waals surface area contributed by atoms with E-state index in [1.165, 1.54) is 11.8 Å². The molecular formula is C16H22N2O2. The van der Waals surface area contributed by atoms with E-state index >= 15 is 0 Å². The second kappa shape index (κ2) is 6.89. The molecule has 108 valence electrons. The second-order valence-electron chi connectivity index (χ2n) is 4.94. The van der Waals surface area contributed by atoms with E-state index in [1.807, 2.05) is 32.0 Å². The van der Waals surface area contributed by atoms with Crippen LogP contribution >= 0.6 is 0 Å². The lowest BCUT2D eigenvalue weighted by Crippen LogP contribution is -2.44. The minimum absolute atomic E-state index is 0.145. The third-order valence-corrected chi connectivity index (χ3v) is 3.23. The Hall–Kier alpha value is -2.10. The van der Waals surface area contributed by atoms with Gasteiger partial charge in [0, 0.05) is 19.2 Å². The van der Waals surface area contributed by atoms with E-state index in [1.54, 1.807) is 13.0 Å². The zero-order valence-electron chi connectivity index (χ0n) is 12.6. The molecule has 1 N–H and O–H groups in total. The Morgan fingerprint density at radius 3 is 2.60 bits per heavy atom. The van der Waals surface area contributed by atoms with E-state index in [0.29, 0.717) is 6.54 Å². The van der Waals surface area contributed by atoms with E-state index < -0.39 is 6.04 Å². The number of anilines is 1. The molecule has 20 heavy (non-hydrogen) atoms. The second-order valence-corrected chi connectivity index (χ2v) is 4.94. The zero-order valence-corrected chi connectivity index (χ0v) is 12.6. The molecule has 2 amide bonds. The lowest BCUT2D eigenvalue weighted by atomic mass is 10.1. The molecule has 0 aliphatic carbocycles. The number of rotatable bonds is 5. The van der Waals surface area contributed by atoms with Gasteiger partial charge in [-0.3, -0.25) is 9.59 Å². The molecule has 0 saturated carbocycles. The number of hydrogen-bond donors (Lipinski definition) is 1. The summed E-state index contributed by atoms with van der Waals surface area (Å²) >= 11 is 0. The fourth-order valence-electron chi connectivity index (χ4n) is 1.95. The predicted octanol–water partition coefficient (Wildman–Crippen LogP) is 2.66. The van der Waals surface area contributed by atoms with Gasteiger partial charge in [-0.1, -0.05) is 18.2 Å². The van der Waals surface area contributed by atoms with Crippen LogP contribution in [0.15, 0.2) is 30.9 Å². The van der Waals surface area contributed by atoms with Gasteiger partial charge in [-0.05, 0) is 38.0 Å². The molecule has 1 atom stereocenters. The number of benzene rings is 1. The molecule has 0 spiro atoms. The van der Waals surface area contributed by atoms with Gasteiger partial charge in [0.25, 0.3) is 0 Å². The van der Waals surface area contributed by atoms with Crippen molar-refractivity contribution >= 4 is 17.5 Å². The molecule has 0 aliphatic heterocycles. The van der Waals surface area contributed by atoms with Gasteiger partial charge in [0.1, 0.15) is 6.04 Å². The molecule has 1 aromatic rings. The van der Waals surface area contributed by atoms with E-state index in [2.05, 4.69) is 11.9 Å². The van der Waals surface area contributed by atoms with E-state index in [9.17, 15) is 9.59 Å². The van der Waals surface area contributed by atoms with Crippen molar-refractivity contribution in [2.24, 2.45) is 0 Å². The lowest BCUT2D eigenvalue weighted by molar-refractivity contribution is -0.135. The maximum Gasteiger partial charge on any atom is 0.246 e. The summed E-state index contributed by atoms with van der Waals surface area (Å²) in [5, 5.41) is 2.88. The van der Waals surface area contributed by atoms with Crippen molar-refractivity contribution < 1.29 is 9.59 Å². The molecule has 0 fully saturated rings. The van der Waals surface area contributed by atoms with Crippen LogP contribution in [-0.4, -0.2) is 29.3 Å². The quantitative estimate of drug-likeness (QED) is 0.839. The molecule has 0 heterocycles. The summed E-state index contributed by atoms with van der Waals surface area (Å²) in [7, 11) is 0. The van der Waals surface area contributed by atoms with Gasteiger partial charge in [0.2, 0.25) is 11.8 Å². The van der Waals surface area contributed by atoms with Gasteiger partial charge >= 0.3 is 0 Å². The van der Waals surface area contributed by atoms with Gasteiger partial charge in [-0.15, -0.1) is 6.58 Å². The Bertz CT molecular complexity index is 523. The van der Waals surface area contributed by atoms with Crippen molar-refractivity contribution in [3.05, 3.63) is 42.0 Å². The third kappa shape index (κ3) is 3.95. The molecule has 0 bridgehead atoms. The molecule has 0 aliphatic rings. The number of carbonyl (C=O) groups excluding carboxylic acids is 2. The summed E-state index contributed by atoms with van der Waals surface area (Å²) in [6.45, 7) is 11.0. The molecule has 1 rings (SSSR count). The summed E-state index contributed by atoms with van der Waals surface area (Å²) in [6.07, 6.45) is 1.61. The van der Waals surface area contributed by atoms with Crippen molar-refractivity contribution in [2.75, 3.05) is 11.9 Å². The monoisotopic (exact) mass is 274 g/mol. The number of hydrogen-bond acceptors (Lipinski definition) is 2. The Kier molecular flexibility index (Phi) is 5.50. The SMILES string of the molecule is C=CCN(C(C)=O)C(C)C(=O)Nc1cc(C)ccc1C. The van der Waals surface area contributed by atoms with Gasteiger partial charge in [-0.2, -0.15) is 0 Å². The Morgan fingerprint density at radius 2 is 2.05 bits per heavy atom. The molecule has 0 aromatic heterocycles. The Balaban J connectivity index is 2.86. The highest BCUT2D eigenvalue weighted by Crippen LogP contribution is 2.17. The smallest absolute Gasteiger partial charge is 0.246 e. The fraction of sp³-hybridized carbons (Fsp3) is 0.375. The highest BCUT2D eigenvalue weighted by Gasteiger charge is 2.22.